The molecule has 1 amide bonds. The van der Waals surface area contributed by atoms with Gasteiger partial charge in [0, 0.05) is 17.6 Å². The fourth-order valence-electron chi connectivity index (χ4n) is 1.64. The lowest BCUT2D eigenvalue weighted by Gasteiger charge is -2.02. The number of nitrogens with two attached hydrogens (primary N) is 2. The highest BCUT2D eigenvalue weighted by atomic mass is 32.1. The number of thiophene rings is 1. The van der Waals surface area contributed by atoms with Crippen LogP contribution in [0.3, 0.4) is 0 Å². The normalized spacial score (nSPS) is 10.8. The molecule has 0 saturated carbocycles. The first-order valence-electron chi connectivity index (χ1n) is 5.77. The average Bonchev–Trinajstić information content (AvgIpc) is 2.66. The summed E-state index contributed by atoms with van der Waals surface area (Å²) in [4.78, 5) is 17.7. The number of nitrogens with zero attached hydrogens (tertiary/aromatic N) is 1. The summed E-state index contributed by atoms with van der Waals surface area (Å²) >= 11 is 1.32. The van der Waals surface area contributed by atoms with E-state index in [2.05, 4.69) is 10.3 Å². The van der Waals surface area contributed by atoms with Crippen molar-refractivity contribution in [1.82, 2.24) is 10.3 Å². The van der Waals surface area contributed by atoms with Crippen molar-refractivity contribution in [2.75, 3.05) is 18.8 Å². The molecule has 0 aliphatic carbocycles. The molecule has 2 aromatic rings. The number of anilines is 1. The zero-order chi connectivity index (χ0) is 13.1. The van der Waals surface area contributed by atoms with Gasteiger partial charge >= 0.3 is 0 Å². The molecular formula is C12H16N4OS. The van der Waals surface area contributed by atoms with Crippen LogP contribution in [0, 0.1) is 6.92 Å². The number of nitrogens with one attached hydrogen (secondary N) is 1. The summed E-state index contributed by atoms with van der Waals surface area (Å²) in [5.74, 6) is -0.151. The van der Waals surface area contributed by atoms with Gasteiger partial charge in [-0.05, 0) is 32.0 Å². The van der Waals surface area contributed by atoms with Crippen LogP contribution in [-0.4, -0.2) is 24.0 Å². The zero-order valence-corrected chi connectivity index (χ0v) is 11.0. The van der Waals surface area contributed by atoms with Crippen molar-refractivity contribution in [3.63, 3.8) is 0 Å². The summed E-state index contributed by atoms with van der Waals surface area (Å²) in [5, 5.41) is 3.64. The van der Waals surface area contributed by atoms with Crippen molar-refractivity contribution >= 4 is 33.1 Å². The zero-order valence-electron chi connectivity index (χ0n) is 10.2. The Morgan fingerprint density at radius 1 is 1.50 bits per heavy atom. The van der Waals surface area contributed by atoms with Crippen molar-refractivity contribution in [1.29, 1.82) is 0 Å². The molecule has 0 fully saturated rings. The second kappa shape index (κ2) is 5.32. The Bertz CT molecular complexity index is 579. The molecule has 0 bridgehead atoms. The number of pyridine rings is 1. The molecular weight excluding hydrogens is 248 g/mol. The van der Waals surface area contributed by atoms with E-state index in [1.54, 1.807) is 0 Å². The molecule has 0 radical (unpaired) electrons. The van der Waals surface area contributed by atoms with E-state index in [-0.39, 0.29) is 5.91 Å². The molecule has 5 N–H and O–H groups in total. The number of aromatic nitrogens is 1. The van der Waals surface area contributed by atoms with Crippen LogP contribution >= 0.6 is 11.3 Å². The first-order valence-corrected chi connectivity index (χ1v) is 6.59. The number of fused-ring (bicyclic) bond motifs is 1. The number of hydrogen-bond acceptors (Lipinski definition) is 5. The lowest BCUT2D eigenvalue weighted by molar-refractivity contribution is 0.0958. The first-order chi connectivity index (χ1) is 8.63. The molecule has 96 valence electrons. The predicted octanol–water partition coefficient (Wildman–Crippen LogP) is 1.27. The maximum Gasteiger partial charge on any atom is 0.263 e. The molecule has 0 aliphatic rings. The summed E-state index contributed by atoms with van der Waals surface area (Å²) in [6, 6.07) is 3.79. The van der Waals surface area contributed by atoms with Gasteiger partial charge in [0.15, 0.2) is 0 Å². The third-order valence-corrected chi connectivity index (χ3v) is 3.72. The van der Waals surface area contributed by atoms with E-state index < -0.39 is 0 Å². The van der Waals surface area contributed by atoms with Crippen LogP contribution in [0.25, 0.3) is 10.2 Å². The van der Waals surface area contributed by atoms with E-state index in [0.29, 0.717) is 23.7 Å². The van der Waals surface area contributed by atoms with E-state index in [4.69, 9.17) is 11.5 Å². The third kappa shape index (κ3) is 2.44. The molecule has 2 rings (SSSR count). The lowest BCUT2D eigenvalue weighted by Crippen LogP contribution is -2.25. The van der Waals surface area contributed by atoms with Gasteiger partial charge in [0.25, 0.3) is 5.91 Å². The third-order valence-electron chi connectivity index (χ3n) is 2.61. The van der Waals surface area contributed by atoms with Crippen LogP contribution in [0.15, 0.2) is 12.1 Å². The molecule has 0 unspecified atom stereocenters. The Morgan fingerprint density at radius 2 is 2.28 bits per heavy atom. The van der Waals surface area contributed by atoms with Crippen LogP contribution < -0.4 is 16.8 Å². The van der Waals surface area contributed by atoms with E-state index in [0.717, 1.165) is 22.3 Å². The molecule has 0 spiro atoms. The highest BCUT2D eigenvalue weighted by molar-refractivity contribution is 7.21. The predicted molar refractivity (Wildman–Crippen MR) is 74.8 cm³/mol. The Kier molecular flexibility index (Phi) is 3.78. The summed E-state index contributed by atoms with van der Waals surface area (Å²) in [6.45, 7) is 3.04. The molecule has 0 saturated heterocycles. The summed E-state index contributed by atoms with van der Waals surface area (Å²) < 4.78 is 0. The van der Waals surface area contributed by atoms with Crippen LogP contribution in [0.5, 0.6) is 0 Å². The van der Waals surface area contributed by atoms with E-state index in [1.807, 2.05) is 19.1 Å². The van der Waals surface area contributed by atoms with Crippen molar-refractivity contribution in [3.05, 3.63) is 22.7 Å². The standard InChI is InChI=1S/C12H16N4OS/c1-7-3-4-8-9(14)10(18-12(8)16-7)11(17)15-6-2-5-13/h3-4H,2,5-6,13-14H2,1H3,(H,15,17). The fourth-order valence-corrected chi connectivity index (χ4v) is 2.70. The van der Waals surface area contributed by atoms with Crippen LogP contribution in [0.1, 0.15) is 21.8 Å². The van der Waals surface area contributed by atoms with Gasteiger partial charge < -0.3 is 16.8 Å². The summed E-state index contributed by atoms with van der Waals surface area (Å²) in [5.41, 5.74) is 12.8. The fraction of sp³-hybridized carbons (Fsp3) is 0.333. The van der Waals surface area contributed by atoms with E-state index in [9.17, 15) is 4.79 Å². The number of amides is 1. The van der Waals surface area contributed by atoms with E-state index >= 15 is 0 Å². The van der Waals surface area contributed by atoms with Crippen molar-refractivity contribution < 1.29 is 4.79 Å². The van der Waals surface area contributed by atoms with Gasteiger partial charge in [-0.15, -0.1) is 11.3 Å². The second-order valence-electron chi connectivity index (χ2n) is 4.05. The number of carbonyl (C=O) groups excluding carboxylic acids is 1. The second-order valence-corrected chi connectivity index (χ2v) is 5.05. The highest BCUT2D eigenvalue weighted by Crippen LogP contribution is 2.32. The monoisotopic (exact) mass is 264 g/mol. The number of hydrogen-bond donors (Lipinski definition) is 3. The smallest absolute Gasteiger partial charge is 0.263 e. The Morgan fingerprint density at radius 3 is 3.00 bits per heavy atom. The molecule has 2 heterocycles. The molecule has 0 aliphatic heterocycles. The van der Waals surface area contributed by atoms with Crippen molar-refractivity contribution in [3.8, 4) is 0 Å². The van der Waals surface area contributed by atoms with Gasteiger partial charge in [0.2, 0.25) is 0 Å². The maximum absolute atomic E-state index is 11.9. The topological polar surface area (TPSA) is 94.0 Å². The summed E-state index contributed by atoms with van der Waals surface area (Å²) in [7, 11) is 0. The van der Waals surface area contributed by atoms with Gasteiger partial charge in [0.1, 0.15) is 9.71 Å². The SMILES string of the molecule is Cc1ccc2c(N)c(C(=O)NCCCN)sc2n1. The molecule has 6 heteroatoms. The Hall–Kier alpha value is -1.66. The number of aryl methyl sites for hydroxylation is 1. The number of carbonyl (C=O) groups is 1. The largest absolute Gasteiger partial charge is 0.397 e. The minimum absolute atomic E-state index is 0.151. The summed E-state index contributed by atoms with van der Waals surface area (Å²) in [6.07, 6.45) is 0.758. The van der Waals surface area contributed by atoms with Gasteiger partial charge in [-0.3, -0.25) is 4.79 Å². The Labute approximate surface area is 109 Å². The van der Waals surface area contributed by atoms with Gasteiger partial charge in [-0.2, -0.15) is 0 Å². The van der Waals surface area contributed by atoms with E-state index in [1.165, 1.54) is 11.3 Å². The maximum atomic E-state index is 11.9. The molecule has 0 atom stereocenters. The van der Waals surface area contributed by atoms with Crippen LogP contribution in [-0.2, 0) is 0 Å². The number of nitrogen functional groups attached to an aromatic ring is 1. The minimum Gasteiger partial charge on any atom is -0.397 e. The molecule has 18 heavy (non-hydrogen) atoms. The van der Waals surface area contributed by atoms with Crippen molar-refractivity contribution in [2.24, 2.45) is 5.73 Å². The van der Waals surface area contributed by atoms with Gasteiger partial charge in [0.05, 0.1) is 5.69 Å². The molecule has 5 nitrogen and oxygen atoms in total. The average molecular weight is 264 g/mol. The van der Waals surface area contributed by atoms with Gasteiger partial charge in [-0.1, -0.05) is 0 Å². The first kappa shape index (κ1) is 12.8. The highest BCUT2D eigenvalue weighted by Gasteiger charge is 2.16. The van der Waals surface area contributed by atoms with Gasteiger partial charge in [-0.25, -0.2) is 4.98 Å². The quantitative estimate of drug-likeness (QED) is 0.725. The van der Waals surface area contributed by atoms with Crippen molar-refractivity contribution in [2.45, 2.75) is 13.3 Å². The number of rotatable bonds is 4. The van der Waals surface area contributed by atoms with Crippen LogP contribution in [0.2, 0.25) is 0 Å². The lowest BCUT2D eigenvalue weighted by atomic mass is 10.2. The molecule has 0 aromatic carbocycles. The van der Waals surface area contributed by atoms with Crippen LogP contribution in [0.4, 0.5) is 5.69 Å². The molecule has 2 aromatic heterocycles. The Balaban J connectivity index is 2.28. The minimum atomic E-state index is -0.151.